The van der Waals surface area contributed by atoms with Crippen LogP contribution in [0.15, 0.2) is 18.2 Å². The number of ether oxygens (including phenoxy) is 1. The highest BCUT2D eigenvalue weighted by molar-refractivity contribution is 5.37. The Balaban J connectivity index is 1.63. The topological polar surface area (TPSA) is 33.3 Å². The quantitative estimate of drug-likeness (QED) is 0.873. The van der Waals surface area contributed by atoms with E-state index in [0.717, 1.165) is 45.0 Å². The second-order valence-corrected chi connectivity index (χ2v) is 6.24. The minimum absolute atomic E-state index is 0.287. The van der Waals surface area contributed by atoms with Crippen LogP contribution in [0.2, 0.25) is 0 Å². The fourth-order valence-corrected chi connectivity index (χ4v) is 3.04. The molecule has 19 heavy (non-hydrogen) atoms. The summed E-state index contributed by atoms with van der Waals surface area (Å²) in [4.78, 5) is 0. The van der Waals surface area contributed by atoms with Crippen LogP contribution in [0, 0.1) is 5.41 Å². The van der Waals surface area contributed by atoms with Gasteiger partial charge in [-0.1, -0.05) is 13.0 Å². The average Bonchev–Trinajstić information content (AvgIpc) is 2.46. The van der Waals surface area contributed by atoms with E-state index in [1.807, 2.05) is 0 Å². The molecule has 3 rings (SSSR count). The van der Waals surface area contributed by atoms with Crippen molar-refractivity contribution in [1.82, 2.24) is 10.6 Å². The highest BCUT2D eigenvalue weighted by atomic mass is 16.5. The third-order valence-electron chi connectivity index (χ3n) is 4.34. The van der Waals surface area contributed by atoms with Crippen molar-refractivity contribution in [2.24, 2.45) is 5.41 Å². The molecule has 1 fully saturated rings. The molecule has 0 aromatic heterocycles. The molecule has 0 bridgehead atoms. The van der Waals surface area contributed by atoms with Gasteiger partial charge in [0.05, 0.1) is 6.61 Å². The molecule has 0 aliphatic carbocycles. The van der Waals surface area contributed by atoms with Gasteiger partial charge in [-0.05, 0) is 55.6 Å². The zero-order valence-corrected chi connectivity index (χ0v) is 11.8. The van der Waals surface area contributed by atoms with Gasteiger partial charge in [0.25, 0.3) is 0 Å². The first-order chi connectivity index (χ1) is 9.25. The zero-order chi connectivity index (χ0) is 13.1. The average molecular weight is 260 g/mol. The van der Waals surface area contributed by atoms with Gasteiger partial charge >= 0.3 is 0 Å². The van der Waals surface area contributed by atoms with Crippen molar-refractivity contribution in [2.75, 3.05) is 26.2 Å². The molecule has 0 amide bonds. The molecule has 1 aromatic rings. The van der Waals surface area contributed by atoms with Crippen LogP contribution in [0.1, 0.15) is 30.9 Å². The van der Waals surface area contributed by atoms with Crippen molar-refractivity contribution in [3.05, 3.63) is 29.3 Å². The maximum atomic E-state index is 6.05. The Hall–Kier alpha value is -1.06. The Morgan fingerprint density at radius 2 is 2.16 bits per heavy atom. The van der Waals surface area contributed by atoms with E-state index in [9.17, 15) is 0 Å². The first kappa shape index (κ1) is 12.9. The summed E-state index contributed by atoms with van der Waals surface area (Å²) in [6.45, 7) is 7.44. The molecule has 104 valence electrons. The van der Waals surface area contributed by atoms with Gasteiger partial charge in [0, 0.05) is 18.5 Å². The van der Waals surface area contributed by atoms with E-state index in [0.29, 0.717) is 0 Å². The van der Waals surface area contributed by atoms with Gasteiger partial charge in [0.2, 0.25) is 0 Å². The predicted molar refractivity (Wildman–Crippen MR) is 77.6 cm³/mol. The van der Waals surface area contributed by atoms with E-state index in [1.54, 1.807) is 0 Å². The summed E-state index contributed by atoms with van der Waals surface area (Å²) in [5, 5.41) is 6.87. The smallest absolute Gasteiger partial charge is 0.119 e. The van der Waals surface area contributed by atoms with Crippen molar-refractivity contribution < 1.29 is 4.74 Å². The van der Waals surface area contributed by atoms with Gasteiger partial charge < -0.3 is 15.4 Å². The van der Waals surface area contributed by atoms with Gasteiger partial charge in [-0.3, -0.25) is 0 Å². The van der Waals surface area contributed by atoms with E-state index in [-0.39, 0.29) is 5.41 Å². The van der Waals surface area contributed by atoms with Crippen LogP contribution in [0.4, 0.5) is 0 Å². The largest absolute Gasteiger partial charge is 0.493 e. The Labute approximate surface area is 115 Å². The summed E-state index contributed by atoms with van der Waals surface area (Å²) in [5.41, 5.74) is 3.16. The van der Waals surface area contributed by atoms with E-state index >= 15 is 0 Å². The lowest BCUT2D eigenvalue weighted by Gasteiger charge is -2.33. The molecule has 0 spiro atoms. The van der Waals surface area contributed by atoms with Crippen LogP contribution < -0.4 is 15.4 Å². The summed E-state index contributed by atoms with van der Waals surface area (Å²) >= 11 is 0. The Morgan fingerprint density at radius 1 is 1.21 bits per heavy atom. The van der Waals surface area contributed by atoms with Crippen LogP contribution in [-0.4, -0.2) is 26.2 Å². The fraction of sp³-hybridized carbons (Fsp3) is 0.625. The molecule has 2 aliphatic rings. The van der Waals surface area contributed by atoms with Gasteiger partial charge in [-0.25, -0.2) is 0 Å². The Kier molecular flexibility index (Phi) is 3.76. The molecular weight excluding hydrogens is 236 g/mol. The SMILES string of the molecule is CC1(COc2ccc3c(c2)CCNC3)CCCNC1. The zero-order valence-electron chi connectivity index (χ0n) is 11.8. The minimum atomic E-state index is 0.287. The van der Waals surface area contributed by atoms with E-state index in [2.05, 4.69) is 35.8 Å². The van der Waals surface area contributed by atoms with Gasteiger partial charge in [0.1, 0.15) is 5.75 Å². The first-order valence-corrected chi connectivity index (χ1v) is 7.41. The van der Waals surface area contributed by atoms with Crippen molar-refractivity contribution >= 4 is 0 Å². The number of piperidine rings is 1. The molecule has 2 heterocycles. The minimum Gasteiger partial charge on any atom is -0.493 e. The maximum Gasteiger partial charge on any atom is 0.119 e. The highest BCUT2D eigenvalue weighted by Gasteiger charge is 2.27. The summed E-state index contributed by atoms with van der Waals surface area (Å²) in [6, 6.07) is 6.56. The third kappa shape index (κ3) is 3.10. The van der Waals surface area contributed by atoms with Gasteiger partial charge in [-0.15, -0.1) is 0 Å². The van der Waals surface area contributed by atoms with Crippen LogP contribution in [-0.2, 0) is 13.0 Å². The van der Waals surface area contributed by atoms with Gasteiger partial charge in [0.15, 0.2) is 0 Å². The number of benzene rings is 1. The first-order valence-electron chi connectivity index (χ1n) is 7.41. The van der Waals surface area contributed by atoms with E-state index in [1.165, 1.54) is 24.0 Å². The number of fused-ring (bicyclic) bond motifs is 1. The molecule has 1 unspecified atom stereocenters. The Morgan fingerprint density at radius 3 is 3.00 bits per heavy atom. The predicted octanol–water partition coefficient (Wildman–Crippen LogP) is 2.10. The molecule has 0 saturated carbocycles. The fourth-order valence-electron chi connectivity index (χ4n) is 3.04. The summed E-state index contributed by atoms with van der Waals surface area (Å²) in [5.74, 6) is 1.03. The maximum absolute atomic E-state index is 6.05. The van der Waals surface area contributed by atoms with Gasteiger partial charge in [-0.2, -0.15) is 0 Å². The van der Waals surface area contributed by atoms with Crippen LogP contribution >= 0.6 is 0 Å². The lowest BCUT2D eigenvalue weighted by Crippen LogP contribution is -2.41. The van der Waals surface area contributed by atoms with Crippen LogP contribution in [0.25, 0.3) is 0 Å². The van der Waals surface area contributed by atoms with Crippen LogP contribution in [0.5, 0.6) is 5.75 Å². The molecule has 1 aromatic carbocycles. The molecule has 2 N–H and O–H groups in total. The standard InChI is InChI=1S/C16H24N2O/c1-16(6-2-7-18-11-16)12-19-15-4-3-14-10-17-8-5-13(14)9-15/h3-4,9,17-18H,2,5-8,10-12H2,1H3. The second-order valence-electron chi connectivity index (χ2n) is 6.24. The highest BCUT2D eigenvalue weighted by Crippen LogP contribution is 2.27. The summed E-state index contributed by atoms with van der Waals surface area (Å²) < 4.78 is 6.05. The molecule has 0 radical (unpaired) electrons. The number of hydrogen-bond donors (Lipinski definition) is 2. The number of nitrogens with one attached hydrogen (secondary N) is 2. The molecular formula is C16H24N2O. The van der Waals surface area contributed by atoms with Crippen molar-refractivity contribution in [2.45, 2.75) is 32.7 Å². The van der Waals surface area contributed by atoms with Crippen molar-refractivity contribution in [1.29, 1.82) is 0 Å². The molecule has 3 heteroatoms. The number of rotatable bonds is 3. The van der Waals surface area contributed by atoms with Crippen molar-refractivity contribution in [3.63, 3.8) is 0 Å². The normalized spacial score (nSPS) is 26.8. The molecule has 1 atom stereocenters. The van der Waals surface area contributed by atoms with Crippen LogP contribution in [0.3, 0.4) is 0 Å². The van der Waals surface area contributed by atoms with E-state index in [4.69, 9.17) is 4.74 Å². The Bertz CT molecular complexity index is 438. The second kappa shape index (κ2) is 5.51. The lowest BCUT2D eigenvalue weighted by molar-refractivity contribution is 0.128. The molecule has 3 nitrogen and oxygen atoms in total. The van der Waals surface area contributed by atoms with E-state index < -0.39 is 0 Å². The van der Waals surface area contributed by atoms with Crippen molar-refractivity contribution in [3.8, 4) is 5.75 Å². The summed E-state index contributed by atoms with van der Waals surface area (Å²) in [7, 11) is 0. The molecule has 2 aliphatic heterocycles. The third-order valence-corrected chi connectivity index (χ3v) is 4.34. The lowest BCUT2D eigenvalue weighted by atomic mass is 9.84. The number of hydrogen-bond acceptors (Lipinski definition) is 3. The molecule has 1 saturated heterocycles. The summed E-state index contributed by atoms with van der Waals surface area (Å²) in [6.07, 6.45) is 3.63. The monoisotopic (exact) mass is 260 g/mol.